The van der Waals surface area contributed by atoms with Gasteiger partial charge < -0.3 is 0 Å². The van der Waals surface area contributed by atoms with Crippen molar-refractivity contribution in [3.05, 3.63) is 303 Å². The third kappa shape index (κ3) is 18.9. The van der Waals surface area contributed by atoms with Gasteiger partial charge in [0.25, 0.3) is 0 Å². The van der Waals surface area contributed by atoms with E-state index >= 15 is 0 Å². The Kier molecular flexibility index (Phi) is 26.3. The molecule has 98 heavy (non-hydrogen) atoms. The number of imidazole rings is 1. The molecule has 13 aromatic rings. The van der Waals surface area contributed by atoms with E-state index in [9.17, 15) is 0 Å². The summed E-state index contributed by atoms with van der Waals surface area (Å²) in [6, 6.07) is 70.3. The predicted octanol–water partition coefficient (Wildman–Crippen LogP) is 25.8. The second-order valence-corrected chi connectivity index (χ2v) is 30.4. The lowest BCUT2D eigenvalue weighted by Gasteiger charge is -2.11. The van der Waals surface area contributed by atoms with E-state index in [2.05, 4.69) is 335 Å². The van der Waals surface area contributed by atoms with Crippen LogP contribution in [-0.4, -0.2) is 34.6 Å². The molecule has 2 aliphatic carbocycles. The zero-order valence-electron chi connectivity index (χ0n) is 61.0. The molecule has 0 saturated carbocycles. The summed E-state index contributed by atoms with van der Waals surface area (Å²) in [6.07, 6.45) is 11.7. The fourth-order valence-electron chi connectivity index (χ4n) is 12.9. The number of hydrogen-bond acceptors (Lipinski definition) is 7. The Morgan fingerprint density at radius 1 is 0.418 bits per heavy atom. The van der Waals surface area contributed by atoms with Crippen molar-refractivity contribution in [2.45, 2.75) is 170 Å². The molecule has 0 bridgehead atoms. The van der Waals surface area contributed by atoms with E-state index in [0.29, 0.717) is 46.7 Å². The fraction of sp³-hybridized carbons (Fsp3) is 0.300. The Hall–Kier alpha value is -8.82. The third-order valence-electron chi connectivity index (χ3n) is 17.9. The van der Waals surface area contributed by atoms with Crippen LogP contribution in [0.2, 0.25) is 0 Å². The fourth-order valence-corrected chi connectivity index (χ4v) is 14.7. The summed E-state index contributed by atoms with van der Waals surface area (Å²) in [7, 11) is 0. The van der Waals surface area contributed by atoms with Gasteiger partial charge in [0.1, 0.15) is 5.03 Å². The summed E-state index contributed by atoms with van der Waals surface area (Å²) in [6.45, 7) is 37.9. The Labute approximate surface area is 593 Å². The lowest BCUT2D eigenvalue weighted by atomic mass is 9.93. The highest BCUT2D eigenvalue weighted by molar-refractivity contribution is 7.99. The van der Waals surface area contributed by atoms with Crippen LogP contribution in [0, 0.1) is 11.8 Å². The Morgan fingerprint density at radius 3 is 1.63 bits per heavy atom. The van der Waals surface area contributed by atoms with Crippen molar-refractivity contribution in [3.63, 3.8) is 0 Å². The van der Waals surface area contributed by atoms with Crippen LogP contribution in [-0.2, 0) is 12.8 Å². The highest BCUT2D eigenvalue weighted by Crippen LogP contribution is 2.41. The SMILES string of the molecule is CC(C)C1=C(c2ccccc2)c2ccccc2C1.CC(C)Sc1nc2sccn2c1C(C)C.CC(C)c1ccc2cccnc2c1.CC(C)c1ccc2ncccc2c1.CC(C)c1cccc2cccnc12.CC(C)c1cccc2ncccc12.CC1=C(C(C)C)c2ccccc2C1. The Balaban J connectivity index is 0.000000134. The van der Waals surface area contributed by atoms with Crippen molar-refractivity contribution in [1.29, 1.82) is 0 Å². The number of aromatic nitrogens is 6. The molecular weight excluding hydrogens is 1230 g/mol. The molecule has 0 unspecified atom stereocenters. The molecule has 504 valence electrons. The molecule has 0 amide bonds. The van der Waals surface area contributed by atoms with Gasteiger partial charge in [-0.25, -0.2) is 4.98 Å². The molecular formula is C90H102N6S2. The van der Waals surface area contributed by atoms with E-state index in [1.807, 2.05) is 60.8 Å². The van der Waals surface area contributed by atoms with E-state index in [0.717, 1.165) is 39.9 Å². The van der Waals surface area contributed by atoms with Crippen LogP contribution in [0.1, 0.15) is 203 Å². The molecule has 2 aliphatic rings. The van der Waals surface area contributed by atoms with Gasteiger partial charge in [0.15, 0.2) is 4.96 Å². The highest BCUT2D eigenvalue weighted by Gasteiger charge is 2.24. The maximum Gasteiger partial charge on any atom is 0.194 e. The standard InChI is InChI=1S/C18H18.C13H16.4C12H13N.C11H16N2S2/c1-13(2)17-12-15-10-6-7-11-16(15)18(17)14-8-4-3-5-9-14;1-9(2)13-10(3)8-11-6-4-5-7-12(11)13;1-9(2)10-5-3-7-12-11(10)6-4-8-13-12;1-9(2)11-7-3-5-10-6-4-8-13-12(10)11;1-9(2)10-5-6-12-11(8-10)4-3-7-13-12;1-9(2)11-6-5-10-4-3-7-13-12(10)8-11;1-7(2)9-10(15-8(3)4)12-11-13(9)5-6-14-11/h3-11,13H,12H2,1-2H3;4-7,9H,8H2,1-3H3;4*3-9H,1-2H3;5-8H,1-4H3. The van der Waals surface area contributed by atoms with Crippen molar-refractivity contribution in [1.82, 2.24) is 29.3 Å². The van der Waals surface area contributed by atoms with Crippen LogP contribution < -0.4 is 0 Å². The Bertz CT molecular complexity index is 4580. The maximum absolute atomic E-state index is 4.68. The van der Waals surface area contributed by atoms with Gasteiger partial charge in [-0.15, -0.1) is 23.1 Å². The first kappa shape index (κ1) is 73.4. The summed E-state index contributed by atoms with van der Waals surface area (Å²) in [5.41, 5.74) is 24.6. The molecule has 0 atom stereocenters. The lowest BCUT2D eigenvalue weighted by molar-refractivity contribution is 0.752. The molecule has 8 heteroatoms. The second kappa shape index (κ2) is 35.1. The normalized spacial score (nSPS) is 12.3. The van der Waals surface area contributed by atoms with Gasteiger partial charge in [-0.05, 0) is 171 Å². The minimum absolute atomic E-state index is 0.524. The van der Waals surface area contributed by atoms with Crippen LogP contribution in [0.3, 0.4) is 0 Å². The minimum Gasteiger partial charge on any atom is -0.293 e. The molecule has 6 nitrogen and oxygen atoms in total. The van der Waals surface area contributed by atoms with E-state index in [-0.39, 0.29) is 0 Å². The number of pyridine rings is 4. The number of nitrogens with zero attached hydrogens (tertiary/aromatic N) is 6. The molecule has 6 aromatic heterocycles. The summed E-state index contributed by atoms with van der Waals surface area (Å²) >= 11 is 3.56. The minimum atomic E-state index is 0.524. The number of thioether (sulfide) groups is 1. The number of rotatable bonds is 10. The maximum atomic E-state index is 4.68. The number of fused-ring (bicyclic) bond motifs is 7. The molecule has 0 radical (unpaired) electrons. The molecule has 6 heterocycles. The first-order valence-corrected chi connectivity index (χ1v) is 37.1. The molecule has 0 spiro atoms. The topological polar surface area (TPSA) is 68.9 Å². The van der Waals surface area contributed by atoms with Crippen molar-refractivity contribution in [2.75, 3.05) is 0 Å². The van der Waals surface area contributed by atoms with Crippen molar-refractivity contribution >= 4 is 82.8 Å². The van der Waals surface area contributed by atoms with E-state index < -0.39 is 0 Å². The third-order valence-corrected chi connectivity index (χ3v) is 19.6. The summed E-state index contributed by atoms with van der Waals surface area (Å²) in [4.78, 5) is 23.1. The van der Waals surface area contributed by atoms with Gasteiger partial charge in [-0.1, -0.05) is 274 Å². The van der Waals surface area contributed by atoms with Crippen molar-refractivity contribution in [3.8, 4) is 0 Å². The molecule has 0 saturated heterocycles. The van der Waals surface area contributed by atoms with E-state index in [1.54, 1.807) is 28.1 Å². The molecule has 0 aliphatic heterocycles. The quantitative estimate of drug-likeness (QED) is 0.127. The summed E-state index contributed by atoms with van der Waals surface area (Å²) in [5.74, 6) is 4.05. The predicted molar refractivity (Wildman–Crippen MR) is 427 cm³/mol. The highest BCUT2D eigenvalue weighted by atomic mass is 32.2. The van der Waals surface area contributed by atoms with Crippen LogP contribution in [0.4, 0.5) is 0 Å². The molecule has 7 aromatic carbocycles. The van der Waals surface area contributed by atoms with Crippen LogP contribution in [0.15, 0.2) is 253 Å². The summed E-state index contributed by atoms with van der Waals surface area (Å²) < 4.78 is 2.22. The smallest absolute Gasteiger partial charge is 0.194 e. The van der Waals surface area contributed by atoms with Gasteiger partial charge in [0.2, 0.25) is 0 Å². The monoisotopic (exact) mass is 1330 g/mol. The number of para-hydroxylation sites is 1. The number of benzene rings is 7. The zero-order chi connectivity index (χ0) is 70.0. The largest absolute Gasteiger partial charge is 0.293 e. The zero-order valence-corrected chi connectivity index (χ0v) is 62.7. The van der Waals surface area contributed by atoms with Gasteiger partial charge in [0, 0.05) is 63.2 Å². The van der Waals surface area contributed by atoms with Gasteiger partial charge >= 0.3 is 0 Å². The first-order valence-electron chi connectivity index (χ1n) is 35.3. The number of allylic oxidation sites excluding steroid dienone is 3. The van der Waals surface area contributed by atoms with Crippen LogP contribution >= 0.6 is 23.1 Å². The molecule has 0 fully saturated rings. The number of hydrogen-bond donors (Lipinski definition) is 0. The molecule has 0 N–H and O–H groups in total. The van der Waals surface area contributed by atoms with E-state index in [1.165, 1.54) is 87.9 Å². The van der Waals surface area contributed by atoms with Crippen LogP contribution in [0.25, 0.3) is 59.7 Å². The van der Waals surface area contributed by atoms with E-state index in [4.69, 9.17) is 0 Å². The average molecular weight is 1330 g/mol. The van der Waals surface area contributed by atoms with Crippen molar-refractivity contribution in [2.24, 2.45) is 11.8 Å². The van der Waals surface area contributed by atoms with Gasteiger partial charge in [-0.2, -0.15) is 0 Å². The summed E-state index contributed by atoms with van der Waals surface area (Å²) in [5, 5.41) is 8.84. The second-order valence-electron chi connectivity index (χ2n) is 28.0. The Morgan fingerprint density at radius 2 is 0.980 bits per heavy atom. The van der Waals surface area contributed by atoms with Gasteiger partial charge in [-0.3, -0.25) is 24.3 Å². The van der Waals surface area contributed by atoms with Gasteiger partial charge in [0.05, 0.1) is 27.8 Å². The average Bonchev–Trinajstić information content (AvgIpc) is 1.62. The van der Waals surface area contributed by atoms with Crippen molar-refractivity contribution < 1.29 is 0 Å². The number of thiazole rings is 1. The van der Waals surface area contributed by atoms with Crippen LogP contribution in [0.5, 0.6) is 0 Å². The lowest BCUT2D eigenvalue weighted by Crippen LogP contribution is -1.96. The first-order chi connectivity index (χ1) is 47.2. The molecule has 15 rings (SSSR count).